The van der Waals surface area contributed by atoms with Gasteiger partial charge >= 0.3 is 5.97 Å². The van der Waals surface area contributed by atoms with Gasteiger partial charge in [0, 0.05) is 11.1 Å². The molecule has 1 aromatic rings. The second-order valence-electron chi connectivity index (χ2n) is 2.41. The molecule has 0 fully saturated rings. The van der Waals surface area contributed by atoms with Gasteiger partial charge in [0.2, 0.25) is 5.01 Å². The number of nitrogens with zero attached hydrogens (tertiary/aromatic N) is 1. The highest BCUT2D eigenvalue weighted by atomic mass is 32.1. The van der Waals surface area contributed by atoms with E-state index < -0.39 is 0 Å². The summed E-state index contributed by atoms with van der Waals surface area (Å²) in [5.74, 6) is -0.310. The number of carbonyl (C=O) groups excluding carboxylic acids is 1. The van der Waals surface area contributed by atoms with Crippen LogP contribution in [0.15, 0.2) is 6.20 Å². The fourth-order valence-electron chi connectivity index (χ4n) is 0.706. The molecule has 4 heteroatoms. The Morgan fingerprint density at radius 3 is 3.00 bits per heavy atom. The number of aromatic nitrogens is 1. The van der Waals surface area contributed by atoms with E-state index in [-0.39, 0.29) is 5.97 Å². The predicted molar refractivity (Wildman–Crippen MR) is 47.4 cm³/mol. The highest BCUT2D eigenvalue weighted by molar-refractivity contribution is 7.13. The van der Waals surface area contributed by atoms with Crippen molar-refractivity contribution in [3.63, 3.8) is 0 Å². The predicted octanol–water partition coefficient (Wildman–Crippen LogP) is 2.02. The zero-order chi connectivity index (χ0) is 8.97. The second kappa shape index (κ2) is 4.21. The lowest BCUT2D eigenvalue weighted by Gasteiger charge is -1.97. The maximum atomic E-state index is 11.1. The number of thiazole rings is 1. The van der Waals surface area contributed by atoms with Crippen LogP contribution in [0.5, 0.6) is 0 Å². The average molecular weight is 185 g/mol. The molecule has 0 atom stereocenters. The third-order valence-corrected chi connectivity index (χ3v) is 2.13. The van der Waals surface area contributed by atoms with Crippen molar-refractivity contribution in [2.45, 2.75) is 20.3 Å². The van der Waals surface area contributed by atoms with Gasteiger partial charge in [0.1, 0.15) is 0 Å². The SMILES string of the molecule is CCCOC(=O)c1ncc(C)s1. The molecule has 1 heterocycles. The minimum Gasteiger partial charge on any atom is -0.460 e. The van der Waals surface area contributed by atoms with Gasteiger partial charge in [-0.1, -0.05) is 6.92 Å². The number of esters is 1. The molecule has 0 aromatic carbocycles. The number of hydrogen-bond donors (Lipinski definition) is 0. The number of aryl methyl sites for hydroxylation is 1. The summed E-state index contributed by atoms with van der Waals surface area (Å²) in [5, 5.41) is 0.445. The molecule has 0 saturated carbocycles. The van der Waals surface area contributed by atoms with Gasteiger partial charge in [-0.2, -0.15) is 0 Å². The van der Waals surface area contributed by atoms with Crippen LogP contribution in [0, 0.1) is 6.92 Å². The van der Waals surface area contributed by atoms with Gasteiger partial charge in [-0.25, -0.2) is 9.78 Å². The van der Waals surface area contributed by atoms with E-state index in [0.717, 1.165) is 11.3 Å². The van der Waals surface area contributed by atoms with Crippen molar-refractivity contribution in [2.75, 3.05) is 6.61 Å². The third kappa shape index (κ3) is 2.30. The number of carbonyl (C=O) groups is 1. The molecule has 0 spiro atoms. The Balaban J connectivity index is 2.53. The first-order chi connectivity index (χ1) is 5.74. The lowest BCUT2D eigenvalue weighted by Crippen LogP contribution is -2.04. The van der Waals surface area contributed by atoms with Crippen molar-refractivity contribution in [1.82, 2.24) is 4.98 Å². The van der Waals surface area contributed by atoms with Crippen LogP contribution < -0.4 is 0 Å². The first-order valence-corrected chi connectivity index (χ1v) is 4.65. The Kier molecular flexibility index (Phi) is 3.22. The monoisotopic (exact) mass is 185 g/mol. The minimum absolute atomic E-state index is 0.310. The Hall–Kier alpha value is -0.900. The van der Waals surface area contributed by atoms with E-state index in [1.807, 2.05) is 13.8 Å². The average Bonchev–Trinajstić information content (AvgIpc) is 2.47. The molecule has 0 bridgehead atoms. The fraction of sp³-hybridized carbons (Fsp3) is 0.500. The highest BCUT2D eigenvalue weighted by Crippen LogP contribution is 2.11. The molecule has 1 rings (SSSR count). The highest BCUT2D eigenvalue weighted by Gasteiger charge is 2.09. The smallest absolute Gasteiger partial charge is 0.367 e. The van der Waals surface area contributed by atoms with E-state index in [1.165, 1.54) is 11.3 Å². The fourth-order valence-corrected chi connectivity index (χ4v) is 1.36. The lowest BCUT2D eigenvalue weighted by molar-refractivity contribution is 0.0504. The van der Waals surface area contributed by atoms with E-state index in [2.05, 4.69) is 4.98 Å². The van der Waals surface area contributed by atoms with Crippen LogP contribution in [0.3, 0.4) is 0 Å². The molecule has 66 valence electrons. The molecule has 3 nitrogen and oxygen atoms in total. The van der Waals surface area contributed by atoms with Crippen LogP contribution in [-0.2, 0) is 4.74 Å². The molecular weight excluding hydrogens is 174 g/mol. The third-order valence-electron chi connectivity index (χ3n) is 1.23. The maximum Gasteiger partial charge on any atom is 0.367 e. The Morgan fingerprint density at radius 1 is 1.75 bits per heavy atom. The number of ether oxygens (including phenoxy) is 1. The Bertz CT molecular complexity index is 270. The van der Waals surface area contributed by atoms with Gasteiger partial charge in [-0.05, 0) is 13.3 Å². The van der Waals surface area contributed by atoms with Crippen molar-refractivity contribution >= 4 is 17.3 Å². The largest absolute Gasteiger partial charge is 0.460 e. The van der Waals surface area contributed by atoms with Crippen LogP contribution >= 0.6 is 11.3 Å². The van der Waals surface area contributed by atoms with Gasteiger partial charge in [-0.3, -0.25) is 0 Å². The van der Waals surface area contributed by atoms with E-state index in [1.54, 1.807) is 6.20 Å². The molecule has 0 amide bonds. The normalized spacial score (nSPS) is 9.83. The molecule has 0 unspecified atom stereocenters. The summed E-state index contributed by atoms with van der Waals surface area (Å²) in [6, 6.07) is 0. The lowest BCUT2D eigenvalue weighted by atomic mass is 10.5. The van der Waals surface area contributed by atoms with Gasteiger partial charge in [0.05, 0.1) is 6.61 Å². The summed E-state index contributed by atoms with van der Waals surface area (Å²) in [6.07, 6.45) is 2.52. The second-order valence-corrected chi connectivity index (χ2v) is 3.65. The molecular formula is C8H11NO2S. The Labute approximate surface area is 75.4 Å². The van der Waals surface area contributed by atoms with Crippen molar-refractivity contribution in [1.29, 1.82) is 0 Å². The van der Waals surface area contributed by atoms with Gasteiger partial charge in [-0.15, -0.1) is 11.3 Å². The Morgan fingerprint density at radius 2 is 2.50 bits per heavy atom. The quantitative estimate of drug-likeness (QED) is 0.676. The van der Waals surface area contributed by atoms with Gasteiger partial charge in [0.25, 0.3) is 0 Å². The van der Waals surface area contributed by atoms with Crippen LogP contribution in [0.25, 0.3) is 0 Å². The van der Waals surface area contributed by atoms with Crippen molar-refractivity contribution in [3.8, 4) is 0 Å². The summed E-state index contributed by atoms with van der Waals surface area (Å²) in [4.78, 5) is 16.1. The molecule has 0 aliphatic rings. The van der Waals surface area contributed by atoms with E-state index in [0.29, 0.717) is 11.6 Å². The van der Waals surface area contributed by atoms with Crippen molar-refractivity contribution in [2.24, 2.45) is 0 Å². The molecule has 0 radical (unpaired) electrons. The maximum absolute atomic E-state index is 11.1. The summed E-state index contributed by atoms with van der Waals surface area (Å²) in [5.41, 5.74) is 0. The van der Waals surface area contributed by atoms with Crippen LogP contribution in [0.2, 0.25) is 0 Å². The van der Waals surface area contributed by atoms with Gasteiger partial charge in [0.15, 0.2) is 0 Å². The van der Waals surface area contributed by atoms with E-state index in [4.69, 9.17) is 4.74 Å². The summed E-state index contributed by atoms with van der Waals surface area (Å²) >= 11 is 1.36. The minimum atomic E-state index is -0.310. The van der Waals surface area contributed by atoms with Crippen molar-refractivity contribution < 1.29 is 9.53 Å². The standard InChI is InChI=1S/C8H11NO2S/c1-3-4-11-8(10)7-9-5-6(2)12-7/h5H,3-4H2,1-2H3. The summed E-state index contributed by atoms with van der Waals surface area (Å²) in [7, 11) is 0. The molecule has 0 saturated heterocycles. The molecule has 12 heavy (non-hydrogen) atoms. The molecule has 0 N–H and O–H groups in total. The molecule has 0 aliphatic heterocycles. The van der Waals surface area contributed by atoms with E-state index >= 15 is 0 Å². The van der Waals surface area contributed by atoms with Crippen LogP contribution in [0.1, 0.15) is 28.0 Å². The van der Waals surface area contributed by atoms with Crippen LogP contribution in [-0.4, -0.2) is 17.6 Å². The number of hydrogen-bond acceptors (Lipinski definition) is 4. The van der Waals surface area contributed by atoms with Crippen LogP contribution in [0.4, 0.5) is 0 Å². The molecule has 1 aromatic heterocycles. The zero-order valence-electron chi connectivity index (χ0n) is 7.16. The summed E-state index contributed by atoms with van der Waals surface area (Å²) in [6.45, 7) is 4.34. The first kappa shape index (κ1) is 9.19. The van der Waals surface area contributed by atoms with Crippen molar-refractivity contribution in [3.05, 3.63) is 16.1 Å². The van der Waals surface area contributed by atoms with Gasteiger partial charge < -0.3 is 4.74 Å². The first-order valence-electron chi connectivity index (χ1n) is 3.83. The summed E-state index contributed by atoms with van der Waals surface area (Å²) < 4.78 is 4.90. The number of rotatable bonds is 3. The molecule has 0 aliphatic carbocycles. The topological polar surface area (TPSA) is 39.2 Å². The van der Waals surface area contributed by atoms with E-state index in [9.17, 15) is 4.79 Å². The zero-order valence-corrected chi connectivity index (χ0v) is 7.98.